The van der Waals surface area contributed by atoms with Crippen molar-refractivity contribution >= 4 is 21.0 Å². The fourth-order valence-electron chi connectivity index (χ4n) is 3.73. The van der Waals surface area contributed by atoms with Crippen molar-refractivity contribution < 1.29 is 17.9 Å². The number of imidazole rings is 1. The van der Waals surface area contributed by atoms with Gasteiger partial charge in [0.25, 0.3) is 0 Å². The van der Waals surface area contributed by atoms with Gasteiger partial charge in [-0.15, -0.1) is 0 Å². The number of hydrogen-bond donors (Lipinski definition) is 1. The highest BCUT2D eigenvalue weighted by atomic mass is 32.2. The minimum Gasteiger partial charge on any atom is -0.493 e. The van der Waals surface area contributed by atoms with Gasteiger partial charge in [-0.25, -0.2) is 18.2 Å². The van der Waals surface area contributed by atoms with Gasteiger partial charge < -0.3 is 14.5 Å². The second-order valence-electron chi connectivity index (χ2n) is 7.67. The summed E-state index contributed by atoms with van der Waals surface area (Å²) in [7, 11) is -1.87. The number of fused-ring (bicyclic) bond motifs is 1. The number of sulfone groups is 1. The molecule has 3 aromatic rings. The largest absolute Gasteiger partial charge is 0.493 e. The van der Waals surface area contributed by atoms with E-state index in [0.717, 1.165) is 24.7 Å². The molecule has 160 valence electrons. The van der Waals surface area contributed by atoms with Crippen LogP contribution in [0.15, 0.2) is 35.3 Å². The number of hydrogen-bond acceptors (Lipinski definition) is 6. The zero-order valence-corrected chi connectivity index (χ0v) is 18.0. The lowest BCUT2D eigenvalue weighted by Gasteiger charge is -2.20. The lowest BCUT2D eigenvalue weighted by atomic mass is 10.1. The Bertz CT molecular complexity index is 1240. The van der Waals surface area contributed by atoms with Crippen LogP contribution in [-0.2, 0) is 9.84 Å². The molecule has 2 heterocycles. The number of benzene rings is 1. The number of rotatable bonds is 8. The summed E-state index contributed by atoms with van der Waals surface area (Å²) in [6, 6.07) is 6.37. The van der Waals surface area contributed by atoms with Gasteiger partial charge in [0.15, 0.2) is 17.1 Å². The van der Waals surface area contributed by atoms with Crippen LogP contribution in [-0.4, -0.2) is 48.7 Å². The molecule has 1 aliphatic carbocycles. The minimum absolute atomic E-state index is 0.246. The van der Waals surface area contributed by atoms with Gasteiger partial charge in [-0.1, -0.05) is 6.07 Å². The molecule has 4 rings (SSSR count). The van der Waals surface area contributed by atoms with E-state index >= 15 is 0 Å². The third-order valence-electron chi connectivity index (χ3n) is 5.27. The van der Waals surface area contributed by atoms with Crippen LogP contribution in [0, 0.1) is 0 Å². The van der Waals surface area contributed by atoms with Crippen LogP contribution in [0.5, 0.6) is 11.5 Å². The Morgan fingerprint density at radius 2 is 2.03 bits per heavy atom. The van der Waals surface area contributed by atoms with Gasteiger partial charge in [-0.3, -0.25) is 4.57 Å². The predicted molar refractivity (Wildman–Crippen MR) is 114 cm³/mol. The number of pyridine rings is 1. The number of H-pyrrole nitrogens is 1. The van der Waals surface area contributed by atoms with Crippen molar-refractivity contribution in [2.45, 2.75) is 31.7 Å². The average Bonchev–Trinajstić information content (AvgIpc) is 3.48. The van der Waals surface area contributed by atoms with E-state index in [9.17, 15) is 13.2 Å². The van der Waals surface area contributed by atoms with Gasteiger partial charge in [0.1, 0.15) is 9.84 Å². The van der Waals surface area contributed by atoms with E-state index in [1.807, 2.05) is 13.0 Å². The summed E-state index contributed by atoms with van der Waals surface area (Å²) in [6.45, 7) is 2.28. The van der Waals surface area contributed by atoms with E-state index in [-0.39, 0.29) is 5.75 Å². The summed E-state index contributed by atoms with van der Waals surface area (Å²) in [4.78, 5) is 20.2. The normalized spacial score (nSPS) is 15.3. The molecule has 9 heteroatoms. The number of nitrogens with zero attached hydrogens (tertiary/aromatic N) is 2. The van der Waals surface area contributed by atoms with Crippen LogP contribution < -0.4 is 15.2 Å². The highest BCUT2D eigenvalue weighted by Gasteiger charge is 2.28. The lowest BCUT2D eigenvalue weighted by Crippen LogP contribution is -2.28. The van der Waals surface area contributed by atoms with Gasteiger partial charge in [0.2, 0.25) is 0 Å². The standard InChI is InChI=1S/C21H25N3O5S/c1-4-29-19-10-14(7-8-18(19)28-2)17(12-30(3,26)27)24-20-16(23-21(24)25)9-15(11-22-20)13-5-6-13/h7-11,13,17H,4-6,12H2,1-3H3,(H,23,25)/t17-/m0/s1. The Kier molecular flexibility index (Phi) is 5.31. The number of aromatic amines is 1. The number of ether oxygens (including phenoxy) is 2. The molecule has 0 aliphatic heterocycles. The Balaban J connectivity index is 1.87. The maximum atomic E-state index is 12.9. The van der Waals surface area contributed by atoms with Crippen molar-refractivity contribution in [1.29, 1.82) is 0 Å². The van der Waals surface area contributed by atoms with Crippen molar-refractivity contribution in [3.8, 4) is 11.5 Å². The van der Waals surface area contributed by atoms with Crippen LogP contribution in [0.2, 0.25) is 0 Å². The molecular weight excluding hydrogens is 406 g/mol. The molecule has 1 N–H and O–H groups in total. The van der Waals surface area contributed by atoms with Crippen LogP contribution in [0.1, 0.15) is 42.9 Å². The molecule has 0 radical (unpaired) electrons. The van der Waals surface area contributed by atoms with Gasteiger partial charge in [0, 0.05) is 12.5 Å². The Morgan fingerprint density at radius 3 is 2.67 bits per heavy atom. The van der Waals surface area contributed by atoms with Crippen LogP contribution >= 0.6 is 0 Å². The first kappa shape index (κ1) is 20.5. The van der Waals surface area contributed by atoms with E-state index in [2.05, 4.69) is 9.97 Å². The summed E-state index contributed by atoms with van der Waals surface area (Å²) < 4.78 is 36.9. The molecule has 0 spiro atoms. The predicted octanol–water partition coefficient (Wildman–Crippen LogP) is 2.64. The summed E-state index contributed by atoms with van der Waals surface area (Å²) in [5.74, 6) is 1.28. The zero-order chi connectivity index (χ0) is 21.5. The highest BCUT2D eigenvalue weighted by Crippen LogP contribution is 2.40. The number of nitrogens with one attached hydrogen (secondary N) is 1. The molecule has 0 saturated heterocycles. The second kappa shape index (κ2) is 7.79. The molecule has 1 aromatic carbocycles. The molecule has 0 unspecified atom stereocenters. The van der Waals surface area contributed by atoms with E-state index in [1.165, 1.54) is 11.7 Å². The first-order valence-electron chi connectivity index (χ1n) is 9.89. The third kappa shape index (κ3) is 4.07. The maximum absolute atomic E-state index is 12.9. The zero-order valence-electron chi connectivity index (χ0n) is 17.2. The number of methoxy groups -OCH3 is 1. The first-order chi connectivity index (χ1) is 14.3. The van der Waals surface area contributed by atoms with E-state index < -0.39 is 21.6 Å². The summed E-state index contributed by atoms with van der Waals surface area (Å²) in [6.07, 6.45) is 5.19. The summed E-state index contributed by atoms with van der Waals surface area (Å²) >= 11 is 0. The van der Waals surface area contributed by atoms with Crippen molar-refractivity contribution in [2.75, 3.05) is 25.7 Å². The van der Waals surface area contributed by atoms with E-state index in [4.69, 9.17) is 9.47 Å². The van der Waals surface area contributed by atoms with Crippen molar-refractivity contribution in [1.82, 2.24) is 14.5 Å². The van der Waals surface area contributed by atoms with Crippen LogP contribution in [0.4, 0.5) is 0 Å². The van der Waals surface area contributed by atoms with Gasteiger partial charge in [-0.2, -0.15) is 0 Å². The minimum atomic E-state index is -3.41. The molecule has 1 fully saturated rings. The topological polar surface area (TPSA) is 103 Å². The van der Waals surface area contributed by atoms with Gasteiger partial charge in [-0.05, 0) is 55.0 Å². The molecule has 1 aliphatic rings. The second-order valence-corrected chi connectivity index (χ2v) is 9.85. The molecule has 1 saturated carbocycles. The highest BCUT2D eigenvalue weighted by molar-refractivity contribution is 7.90. The molecule has 1 atom stereocenters. The van der Waals surface area contributed by atoms with E-state index in [0.29, 0.717) is 40.8 Å². The Hall–Kier alpha value is -2.81. The molecule has 2 aromatic heterocycles. The fraction of sp³-hybridized carbons (Fsp3) is 0.429. The average molecular weight is 432 g/mol. The smallest absolute Gasteiger partial charge is 0.328 e. The van der Waals surface area contributed by atoms with E-state index in [1.54, 1.807) is 24.4 Å². The van der Waals surface area contributed by atoms with Crippen molar-refractivity contribution in [3.05, 3.63) is 52.1 Å². The Labute approximate surface area is 174 Å². The fourth-order valence-corrected chi connectivity index (χ4v) is 4.65. The monoisotopic (exact) mass is 431 g/mol. The van der Waals surface area contributed by atoms with Crippen LogP contribution in [0.3, 0.4) is 0 Å². The first-order valence-corrected chi connectivity index (χ1v) is 12.0. The maximum Gasteiger partial charge on any atom is 0.328 e. The van der Waals surface area contributed by atoms with Crippen molar-refractivity contribution in [2.24, 2.45) is 0 Å². The van der Waals surface area contributed by atoms with Crippen molar-refractivity contribution in [3.63, 3.8) is 0 Å². The molecule has 30 heavy (non-hydrogen) atoms. The quantitative estimate of drug-likeness (QED) is 0.588. The molecule has 0 bridgehead atoms. The van der Waals surface area contributed by atoms with Gasteiger partial charge in [0.05, 0.1) is 31.0 Å². The number of aromatic nitrogens is 3. The lowest BCUT2D eigenvalue weighted by molar-refractivity contribution is 0.310. The van der Waals surface area contributed by atoms with Crippen LogP contribution in [0.25, 0.3) is 11.2 Å². The Morgan fingerprint density at radius 1 is 1.27 bits per heavy atom. The van der Waals surface area contributed by atoms with Gasteiger partial charge >= 0.3 is 5.69 Å². The molecule has 8 nitrogen and oxygen atoms in total. The SMILES string of the molecule is CCOc1cc([C@H](CS(C)(=O)=O)n2c(=O)[nH]c3cc(C4CC4)cnc32)ccc1OC. The molecule has 0 amide bonds. The molecular formula is C21H25N3O5S. The summed E-state index contributed by atoms with van der Waals surface area (Å²) in [5, 5.41) is 0. The third-order valence-corrected chi connectivity index (χ3v) is 6.19. The summed E-state index contributed by atoms with van der Waals surface area (Å²) in [5.41, 5.74) is 2.38.